The van der Waals surface area contributed by atoms with Crippen molar-refractivity contribution in [3.8, 4) is 17.1 Å². The van der Waals surface area contributed by atoms with Crippen molar-refractivity contribution in [2.24, 2.45) is 0 Å². The molecule has 0 bridgehead atoms. The van der Waals surface area contributed by atoms with Gasteiger partial charge in [-0.15, -0.1) is 5.10 Å². The molecule has 0 spiro atoms. The predicted molar refractivity (Wildman–Crippen MR) is 96.8 cm³/mol. The Morgan fingerprint density at radius 1 is 1.20 bits per heavy atom. The molecule has 3 rings (SSSR count). The number of hydrogen-bond donors (Lipinski definition) is 2. The fourth-order valence-corrected chi connectivity index (χ4v) is 2.50. The molecule has 0 unspecified atom stereocenters. The molecule has 0 saturated carbocycles. The summed E-state index contributed by atoms with van der Waals surface area (Å²) in [6, 6.07) is 14.9. The lowest BCUT2D eigenvalue weighted by molar-refractivity contribution is -0.116. The molecule has 7 heteroatoms. The fourth-order valence-electron chi connectivity index (χ4n) is 2.37. The van der Waals surface area contributed by atoms with E-state index in [4.69, 9.17) is 16.3 Å². The predicted octanol–water partition coefficient (Wildman–Crippen LogP) is 3.71. The second-order valence-electron chi connectivity index (χ2n) is 5.38. The van der Waals surface area contributed by atoms with Gasteiger partial charge in [0.1, 0.15) is 5.75 Å². The van der Waals surface area contributed by atoms with E-state index in [1.165, 1.54) is 0 Å². The fraction of sp³-hybridized carbons (Fsp3) is 0.167. The van der Waals surface area contributed by atoms with E-state index in [2.05, 4.69) is 20.5 Å². The highest BCUT2D eigenvalue weighted by Gasteiger charge is 2.12. The van der Waals surface area contributed by atoms with E-state index in [-0.39, 0.29) is 11.9 Å². The standard InChI is InChI=1S/C18H17ClN4O2/c1-25-15-5-3-2-4-14(15)17-21-18(23-22-17)20-16(24)11-8-12-6-9-13(19)10-7-12/h2-7,9-10H,8,11H2,1H3,(H2,20,21,22,23,24). The second-order valence-corrected chi connectivity index (χ2v) is 5.82. The number of aromatic amines is 1. The number of halogens is 1. The van der Waals surface area contributed by atoms with Crippen molar-refractivity contribution in [3.63, 3.8) is 0 Å². The van der Waals surface area contributed by atoms with Crippen molar-refractivity contribution in [1.82, 2.24) is 15.2 Å². The van der Waals surface area contributed by atoms with E-state index in [0.29, 0.717) is 29.4 Å². The molecule has 1 amide bonds. The van der Waals surface area contributed by atoms with Crippen LogP contribution in [0.5, 0.6) is 5.75 Å². The first kappa shape index (κ1) is 17.0. The maximum atomic E-state index is 12.1. The van der Waals surface area contributed by atoms with Gasteiger partial charge in [0.05, 0.1) is 12.7 Å². The van der Waals surface area contributed by atoms with Crippen LogP contribution >= 0.6 is 11.6 Å². The number of aryl methyl sites for hydroxylation is 1. The SMILES string of the molecule is COc1ccccc1-c1nc(NC(=O)CCc2ccc(Cl)cc2)n[nH]1. The van der Waals surface area contributed by atoms with E-state index in [0.717, 1.165) is 11.1 Å². The number of para-hydroxylation sites is 1. The van der Waals surface area contributed by atoms with E-state index in [9.17, 15) is 4.79 Å². The Hall–Kier alpha value is -2.86. The van der Waals surface area contributed by atoms with Crippen LogP contribution in [0.3, 0.4) is 0 Å². The molecule has 0 fully saturated rings. The summed E-state index contributed by atoms with van der Waals surface area (Å²) in [7, 11) is 1.59. The quantitative estimate of drug-likeness (QED) is 0.705. The molecule has 2 N–H and O–H groups in total. The zero-order chi connectivity index (χ0) is 17.6. The number of aromatic nitrogens is 3. The van der Waals surface area contributed by atoms with Crippen LogP contribution in [0, 0.1) is 0 Å². The van der Waals surface area contributed by atoms with Gasteiger partial charge >= 0.3 is 0 Å². The minimum Gasteiger partial charge on any atom is -0.496 e. The van der Waals surface area contributed by atoms with Crippen molar-refractivity contribution in [2.75, 3.05) is 12.4 Å². The molecular weight excluding hydrogens is 340 g/mol. The number of amides is 1. The molecule has 3 aromatic rings. The van der Waals surface area contributed by atoms with Gasteiger partial charge in [-0.25, -0.2) is 0 Å². The number of H-pyrrole nitrogens is 1. The molecule has 0 aliphatic heterocycles. The molecule has 0 radical (unpaired) electrons. The number of methoxy groups -OCH3 is 1. The van der Waals surface area contributed by atoms with Crippen molar-refractivity contribution in [1.29, 1.82) is 0 Å². The molecule has 128 valence electrons. The van der Waals surface area contributed by atoms with Crippen LogP contribution in [0.15, 0.2) is 48.5 Å². The van der Waals surface area contributed by atoms with Gasteiger partial charge in [-0.2, -0.15) is 4.98 Å². The number of nitrogens with zero attached hydrogens (tertiary/aromatic N) is 2. The molecular formula is C18H17ClN4O2. The summed E-state index contributed by atoms with van der Waals surface area (Å²) in [5, 5.41) is 10.2. The number of hydrogen-bond acceptors (Lipinski definition) is 4. The maximum absolute atomic E-state index is 12.1. The highest BCUT2D eigenvalue weighted by molar-refractivity contribution is 6.30. The van der Waals surface area contributed by atoms with Crippen LogP contribution in [-0.4, -0.2) is 28.2 Å². The average Bonchev–Trinajstić information content (AvgIpc) is 3.09. The molecule has 6 nitrogen and oxygen atoms in total. The summed E-state index contributed by atoms with van der Waals surface area (Å²) < 4.78 is 5.30. The van der Waals surface area contributed by atoms with Crippen LogP contribution in [0.2, 0.25) is 5.02 Å². The summed E-state index contributed by atoms with van der Waals surface area (Å²) >= 11 is 5.85. The molecule has 0 aliphatic carbocycles. The minimum absolute atomic E-state index is 0.152. The molecule has 25 heavy (non-hydrogen) atoms. The number of carbonyl (C=O) groups is 1. The highest BCUT2D eigenvalue weighted by Crippen LogP contribution is 2.27. The van der Waals surface area contributed by atoms with Crippen molar-refractivity contribution in [3.05, 3.63) is 59.1 Å². The Bertz CT molecular complexity index is 862. The number of benzene rings is 2. The van der Waals surface area contributed by atoms with Crippen LogP contribution in [0.25, 0.3) is 11.4 Å². The third-order valence-corrected chi connectivity index (χ3v) is 3.90. The Kier molecular flexibility index (Phi) is 5.30. The van der Waals surface area contributed by atoms with Crippen LogP contribution in [0.1, 0.15) is 12.0 Å². The number of nitrogens with one attached hydrogen (secondary N) is 2. The summed E-state index contributed by atoms with van der Waals surface area (Å²) in [5.41, 5.74) is 1.82. The number of carbonyl (C=O) groups excluding carboxylic acids is 1. The van der Waals surface area contributed by atoms with E-state index < -0.39 is 0 Å². The second kappa shape index (κ2) is 7.81. The third-order valence-electron chi connectivity index (χ3n) is 3.65. The number of ether oxygens (including phenoxy) is 1. The third kappa shape index (κ3) is 4.36. The van der Waals surface area contributed by atoms with Gasteiger partial charge in [0, 0.05) is 11.4 Å². The first-order valence-corrected chi connectivity index (χ1v) is 8.13. The van der Waals surface area contributed by atoms with E-state index >= 15 is 0 Å². The molecule has 1 aromatic heterocycles. The first-order valence-electron chi connectivity index (χ1n) is 7.76. The molecule has 2 aromatic carbocycles. The molecule has 0 saturated heterocycles. The summed E-state index contributed by atoms with van der Waals surface area (Å²) in [4.78, 5) is 16.4. The van der Waals surface area contributed by atoms with Gasteiger partial charge < -0.3 is 4.74 Å². The van der Waals surface area contributed by atoms with Crippen LogP contribution < -0.4 is 10.1 Å². The minimum atomic E-state index is -0.152. The lowest BCUT2D eigenvalue weighted by atomic mass is 10.1. The summed E-state index contributed by atoms with van der Waals surface area (Å²) in [5.74, 6) is 1.30. The van der Waals surface area contributed by atoms with Gasteiger partial charge in [-0.3, -0.25) is 15.2 Å². The lowest BCUT2D eigenvalue weighted by Gasteiger charge is -2.04. The van der Waals surface area contributed by atoms with E-state index in [1.807, 2.05) is 48.5 Å². The van der Waals surface area contributed by atoms with Crippen LogP contribution in [-0.2, 0) is 11.2 Å². The van der Waals surface area contributed by atoms with Gasteiger partial charge in [0.2, 0.25) is 11.9 Å². The summed E-state index contributed by atoms with van der Waals surface area (Å²) in [6.45, 7) is 0. The Labute approximate surface area is 150 Å². The topological polar surface area (TPSA) is 79.9 Å². The van der Waals surface area contributed by atoms with Crippen LogP contribution in [0.4, 0.5) is 5.95 Å². The van der Waals surface area contributed by atoms with Gasteiger partial charge in [0.15, 0.2) is 5.82 Å². The zero-order valence-corrected chi connectivity index (χ0v) is 14.4. The highest BCUT2D eigenvalue weighted by atomic mass is 35.5. The average molecular weight is 357 g/mol. The van der Waals surface area contributed by atoms with Gasteiger partial charge in [0.25, 0.3) is 0 Å². The van der Waals surface area contributed by atoms with Crippen molar-refractivity contribution < 1.29 is 9.53 Å². The molecule has 0 aliphatic rings. The van der Waals surface area contributed by atoms with E-state index in [1.54, 1.807) is 7.11 Å². The van der Waals surface area contributed by atoms with Crippen molar-refractivity contribution in [2.45, 2.75) is 12.8 Å². The number of rotatable bonds is 6. The monoisotopic (exact) mass is 356 g/mol. The Morgan fingerprint density at radius 3 is 2.72 bits per heavy atom. The first-order chi connectivity index (χ1) is 12.2. The smallest absolute Gasteiger partial charge is 0.249 e. The summed E-state index contributed by atoms with van der Waals surface area (Å²) in [6.07, 6.45) is 0.951. The zero-order valence-electron chi connectivity index (χ0n) is 13.6. The Morgan fingerprint density at radius 2 is 1.96 bits per heavy atom. The lowest BCUT2D eigenvalue weighted by Crippen LogP contribution is -2.13. The maximum Gasteiger partial charge on any atom is 0.249 e. The number of anilines is 1. The van der Waals surface area contributed by atoms with Crippen molar-refractivity contribution >= 4 is 23.5 Å². The molecule has 0 atom stereocenters. The molecule has 1 heterocycles. The van der Waals surface area contributed by atoms with Gasteiger partial charge in [-0.05, 0) is 36.2 Å². The Balaban J connectivity index is 1.61. The largest absolute Gasteiger partial charge is 0.496 e. The normalized spacial score (nSPS) is 10.5. The van der Waals surface area contributed by atoms with Gasteiger partial charge in [-0.1, -0.05) is 35.9 Å².